The van der Waals surface area contributed by atoms with E-state index in [2.05, 4.69) is 0 Å². The highest BCUT2D eigenvalue weighted by Crippen LogP contribution is 2.32. The number of hydrogen-bond donors (Lipinski definition) is 0. The molecule has 1 nitrogen and oxygen atoms in total. The normalized spacial score (nSPS) is 32.1. The third-order valence-electron chi connectivity index (χ3n) is 3.63. The van der Waals surface area contributed by atoms with Crippen molar-refractivity contribution in [2.45, 2.75) is 70.3 Å². The second kappa shape index (κ2) is 5.75. The first-order valence-corrected chi connectivity index (χ1v) is 6.43. The third-order valence-corrected chi connectivity index (χ3v) is 3.63. The molecule has 2 fully saturated rings. The molecule has 0 spiro atoms. The molecule has 14 heavy (non-hydrogen) atoms. The third kappa shape index (κ3) is 2.98. The molecule has 1 saturated heterocycles. The second-order valence-corrected chi connectivity index (χ2v) is 4.78. The topological polar surface area (TPSA) is 9.23 Å². The summed E-state index contributed by atoms with van der Waals surface area (Å²) in [6.07, 6.45) is 14.5. The molecule has 0 N–H and O–H groups in total. The molecule has 0 bridgehead atoms. The smallest absolute Gasteiger partial charge is 0.0638 e. The van der Waals surface area contributed by atoms with Crippen LogP contribution in [0.2, 0.25) is 0 Å². The van der Waals surface area contributed by atoms with Crippen molar-refractivity contribution >= 4 is 0 Å². The molecule has 0 aromatic carbocycles. The fourth-order valence-corrected chi connectivity index (χ4v) is 2.76. The van der Waals surface area contributed by atoms with Crippen LogP contribution in [0.15, 0.2) is 0 Å². The van der Waals surface area contributed by atoms with Gasteiger partial charge >= 0.3 is 0 Å². The van der Waals surface area contributed by atoms with E-state index in [0.717, 1.165) is 6.61 Å². The van der Waals surface area contributed by atoms with Crippen molar-refractivity contribution < 1.29 is 4.74 Å². The standard InChI is InChI=1S/C13H23O/c1-2-4-6-9-12(8-5-3-1)13-10-7-11-14-13/h13H,1-11H2. The van der Waals surface area contributed by atoms with E-state index in [1.54, 1.807) is 5.92 Å². The van der Waals surface area contributed by atoms with Crippen LogP contribution in [-0.2, 0) is 4.74 Å². The molecule has 1 saturated carbocycles. The zero-order valence-corrected chi connectivity index (χ0v) is 9.26. The van der Waals surface area contributed by atoms with Gasteiger partial charge in [-0.25, -0.2) is 0 Å². The van der Waals surface area contributed by atoms with Crippen LogP contribution in [0.25, 0.3) is 0 Å². The minimum Gasteiger partial charge on any atom is -0.378 e. The van der Waals surface area contributed by atoms with Gasteiger partial charge in [0.15, 0.2) is 0 Å². The molecule has 1 aliphatic heterocycles. The van der Waals surface area contributed by atoms with Crippen LogP contribution in [-0.4, -0.2) is 12.7 Å². The van der Waals surface area contributed by atoms with Gasteiger partial charge in [-0.05, 0) is 25.7 Å². The summed E-state index contributed by atoms with van der Waals surface area (Å²) in [6, 6.07) is 0. The molecule has 1 atom stereocenters. The van der Waals surface area contributed by atoms with Gasteiger partial charge < -0.3 is 4.74 Å². The lowest BCUT2D eigenvalue weighted by Crippen LogP contribution is -2.17. The van der Waals surface area contributed by atoms with E-state index < -0.39 is 0 Å². The van der Waals surface area contributed by atoms with Crippen molar-refractivity contribution in [3.8, 4) is 0 Å². The maximum absolute atomic E-state index is 5.79. The summed E-state index contributed by atoms with van der Waals surface area (Å²) in [5.74, 6) is 1.74. The predicted octanol–water partition coefficient (Wildman–Crippen LogP) is 3.87. The van der Waals surface area contributed by atoms with Crippen molar-refractivity contribution in [1.82, 2.24) is 0 Å². The Balaban J connectivity index is 1.80. The van der Waals surface area contributed by atoms with Crippen LogP contribution < -0.4 is 0 Å². The molecular formula is C13H23O. The summed E-state index contributed by atoms with van der Waals surface area (Å²) >= 11 is 0. The first-order chi connectivity index (χ1) is 6.97. The SMILES string of the molecule is C1CCCC[C](C2CCCO2)CCC1. The molecule has 2 rings (SSSR count). The van der Waals surface area contributed by atoms with E-state index >= 15 is 0 Å². The number of rotatable bonds is 1. The molecule has 1 radical (unpaired) electrons. The van der Waals surface area contributed by atoms with Crippen LogP contribution in [0.3, 0.4) is 0 Å². The van der Waals surface area contributed by atoms with Gasteiger partial charge in [0.1, 0.15) is 0 Å². The quantitative estimate of drug-likeness (QED) is 0.617. The van der Waals surface area contributed by atoms with E-state index in [9.17, 15) is 0 Å². The highest BCUT2D eigenvalue weighted by molar-refractivity contribution is 4.99. The average Bonchev–Trinajstić information content (AvgIpc) is 2.75. The number of hydrogen-bond acceptors (Lipinski definition) is 1. The summed E-state index contributed by atoms with van der Waals surface area (Å²) < 4.78 is 5.79. The maximum Gasteiger partial charge on any atom is 0.0638 e. The Labute approximate surface area is 88.2 Å². The molecule has 1 aliphatic carbocycles. The van der Waals surface area contributed by atoms with Gasteiger partial charge in [0, 0.05) is 12.5 Å². The van der Waals surface area contributed by atoms with E-state index in [4.69, 9.17) is 4.74 Å². The zero-order valence-electron chi connectivity index (χ0n) is 9.26. The summed E-state index contributed by atoms with van der Waals surface area (Å²) in [6.45, 7) is 1.01. The molecule has 0 aromatic rings. The van der Waals surface area contributed by atoms with Gasteiger partial charge in [0.05, 0.1) is 6.10 Å². The largest absolute Gasteiger partial charge is 0.378 e. The molecule has 1 heteroatoms. The Hall–Kier alpha value is -0.0400. The predicted molar refractivity (Wildman–Crippen MR) is 59.2 cm³/mol. The summed E-state index contributed by atoms with van der Waals surface area (Å²) in [5, 5.41) is 0. The van der Waals surface area contributed by atoms with Gasteiger partial charge in [-0.1, -0.05) is 38.5 Å². The number of ether oxygens (including phenoxy) is 1. The highest BCUT2D eigenvalue weighted by atomic mass is 16.5. The Morgan fingerprint density at radius 2 is 1.43 bits per heavy atom. The molecular weight excluding hydrogens is 172 g/mol. The molecule has 1 unspecified atom stereocenters. The minimum atomic E-state index is 0.549. The zero-order chi connectivity index (χ0) is 9.64. The monoisotopic (exact) mass is 195 g/mol. The Bertz CT molecular complexity index is 139. The van der Waals surface area contributed by atoms with Crippen LogP contribution in [0, 0.1) is 5.92 Å². The average molecular weight is 195 g/mol. The van der Waals surface area contributed by atoms with Crippen LogP contribution in [0.1, 0.15) is 64.2 Å². The van der Waals surface area contributed by atoms with Gasteiger partial charge in [-0.3, -0.25) is 0 Å². The maximum atomic E-state index is 5.79. The van der Waals surface area contributed by atoms with Gasteiger partial charge in [-0.2, -0.15) is 0 Å². The summed E-state index contributed by atoms with van der Waals surface area (Å²) in [7, 11) is 0. The first kappa shape index (κ1) is 10.5. The molecule has 81 valence electrons. The van der Waals surface area contributed by atoms with Gasteiger partial charge in [0.25, 0.3) is 0 Å². The fraction of sp³-hybridized carbons (Fsp3) is 0.923. The van der Waals surface area contributed by atoms with Crippen LogP contribution in [0.4, 0.5) is 0 Å². The van der Waals surface area contributed by atoms with Crippen LogP contribution in [0.5, 0.6) is 0 Å². The van der Waals surface area contributed by atoms with E-state index in [1.807, 2.05) is 0 Å². The first-order valence-electron chi connectivity index (χ1n) is 6.43. The van der Waals surface area contributed by atoms with E-state index in [-0.39, 0.29) is 0 Å². The van der Waals surface area contributed by atoms with Crippen molar-refractivity contribution in [3.05, 3.63) is 5.92 Å². The van der Waals surface area contributed by atoms with Crippen molar-refractivity contribution in [2.24, 2.45) is 0 Å². The second-order valence-electron chi connectivity index (χ2n) is 4.78. The van der Waals surface area contributed by atoms with Crippen LogP contribution >= 0.6 is 0 Å². The summed E-state index contributed by atoms with van der Waals surface area (Å²) in [4.78, 5) is 0. The molecule has 1 heterocycles. The Kier molecular flexibility index (Phi) is 4.30. The lowest BCUT2D eigenvalue weighted by Gasteiger charge is -2.21. The summed E-state index contributed by atoms with van der Waals surface area (Å²) in [5.41, 5.74) is 0. The Morgan fingerprint density at radius 3 is 2.00 bits per heavy atom. The highest BCUT2D eigenvalue weighted by Gasteiger charge is 2.25. The van der Waals surface area contributed by atoms with Crippen molar-refractivity contribution in [2.75, 3.05) is 6.61 Å². The molecule has 0 aromatic heterocycles. The lowest BCUT2D eigenvalue weighted by atomic mass is 9.90. The minimum absolute atomic E-state index is 0.549. The molecule has 2 aliphatic rings. The van der Waals surface area contributed by atoms with E-state index in [1.165, 1.54) is 64.2 Å². The van der Waals surface area contributed by atoms with Gasteiger partial charge in [0.2, 0.25) is 0 Å². The van der Waals surface area contributed by atoms with Crippen molar-refractivity contribution in [3.63, 3.8) is 0 Å². The molecule has 0 amide bonds. The lowest BCUT2D eigenvalue weighted by molar-refractivity contribution is 0.112. The fourth-order valence-electron chi connectivity index (χ4n) is 2.76. The Morgan fingerprint density at radius 1 is 0.786 bits per heavy atom. The van der Waals surface area contributed by atoms with E-state index in [0.29, 0.717) is 6.10 Å². The van der Waals surface area contributed by atoms with Gasteiger partial charge in [-0.15, -0.1) is 0 Å². The van der Waals surface area contributed by atoms with Crippen molar-refractivity contribution in [1.29, 1.82) is 0 Å².